The van der Waals surface area contributed by atoms with E-state index in [1.165, 1.54) is 51.7 Å². The number of nitrogens with one attached hydrogen (secondary N) is 1. The maximum Gasteiger partial charge on any atom is 0.0583 e. The van der Waals surface area contributed by atoms with Gasteiger partial charge >= 0.3 is 0 Å². The van der Waals surface area contributed by atoms with E-state index in [2.05, 4.69) is 24.1 Å². The van der Waals surface area contributed by atoms with E-state index < -0.39 is 0 Å². The van der Waals surface area contributed by atoms with Crippen LogP contribution in [-0.2, 0) is 0 Å². The molecule has 3 heteroatoms. The highest BCUT2D eigenvalue weighted by molar-refractivity contribution is 4.96. The van der Waals surface area contributed by atoms with E-state index in [1.54, 1.807) is 0 Å². The van der Waals surface area contributed by atoms with Crippen LogP contribution in [0.15, 0.2) is 0 Å². The molecule has 0 spiro atoms. The van der Waals surface area contributed by atoms with Gasteiger partial charge in [-0.15, -0.1) is 0 Å². The van der Waals surface area contributed by atoms with Gasteiger partial charge in [0.15, 0.2) is 0 Å². The molecule has 3 rings (SSSR count). The second kappa shape index (κ2) is 5.94. The summed E-state index contributed by atoms with van der Waals surface area (Å²) in [6.45, 7) is 9.49. The molecule has 0 amide bonds. The maximum atomic E-state index is 10.1. The molecule has 0 bridgehead atoms. The first-order valence-corrected chi connectivity index (χ1v) is 8.73. The monoisotopic (exact) mass is 280 g/mol. The highest BCUT2D eigenvalue weighted by Gasteiger charge is 2.43. The summed E-state index contributed by atoms with van der Waals surface area (Å²) in [6.07, 6.45) is 7.59. The number of hydrogen-bond donors (Lipinski definition) is 2. The smallest absolute Gasteiger partial charge is 0.0583 e. The Hall–Kier alpha value is -0.120. The van der Waals surface area contributed by atoms with Crippen LogP contribution in [0.5, 0.6) is 0 Å². The van der Waals surface area contributed by atoms with Crippen molar-refractivity contribution >= 4 is 0 Å². The van der Waals surface area contributed by atoms with Gasteiger partial charge in [-0.3, -0.25) is 0 Å². The molecular weight excluding hydrogens is 248 g/mol. The lowest BCUT2D eigenvalue weighted by Gasteiger charge is -2.34. The lowest BCUT2D eigenvalue weighted by atomic mass is 9.84. The Bertz CT molecular complexity index is 331. The summed E-state index contributed by atoms with van der Waals surface area (Å²) in [4.78, 5) is 2.64. The van der Waals surface area contributed by atoms with Gasteiger partial charge in [-0.2, -0.15) is 0 Å². The largest absolute Gasteiger partial charge is 0.393 e. The van der Waals surface area contributed by atoms with Crippen LogP contribution in [0.3, 0.4) is 0 Å². The number of aliphatic hydroxyl groups excluding tert-OH is 1. The van der Waals surface area contributed by atoms with E-state index in [4.69, 9.17) is 0 Å². The van der Waals surface area contributed by atoms with Crippen LogP contribution < -0.4 is 5.32 Å². The lowest BCUT2D eigenvalue weighted by Crippen LogP contribution is -2.42. The van der Waals surface area contributed by atoms with Crippen LogP contribution in [0.2, 0.25) is 0 Å². The summed E-state index contributed by atoms with van der Waals surface area (Å²) in [5.41, 5.74) is 0.404. The van der Waals surface area contributed by atoms with Crippen LogP contribution in [0.25, 0.3) is 0 Å². The fraction of sp³-hybridized carbons (Fsp3) is 1.00. The second-order valence-corrected chi connectivity index (χ2v) is 7.98. The van der Waals surface area contributed by atoms with Gasteiger partial charge in [0, 0.05) is 38.1 Å². The zero-order valence-electron chi connectivity index (χ0n) is 13.3. The minimum Gasteiger partial charge on any atom is -0.393 e. The molecule has 0 aromatic rings. The van der Waals surface area contributed by atoms with Crippen LogP contribution >= 0.6 is 0 Å². The summed E-state index contributed by atoms with van der Waals surface area (Å²) < 4.78 is 0. The van der Waals surface area contributed by atoms with Crippen molar-refractivity contribution in [2.24, 2.45) is 17.3 Å². The maximum absolute atomic E-state index is 10.1. The van der Waals surface area contributed by atoms with E-state index in [-0.39, 0.29) is 6.10 Å². The minimum absolute atomic E-state index is 0.0213. The van der Waals surface area contributed by atoms with Gasteiger partial charge in [-0.1, -0.05) is 20.3 Å². The van der Waals surface area contributed by atoms with Gasteiger partial charge in [0.05, 0.1) is 6.10 Å². The quantitative estimate of drug-likeness (QED) is 0.751. The molecule has 0 radical (unpaired) electrons. The van der Waals surface area contributed by atoms with E-state index in [0.717, 1.165) is 24.9 Å². The molecular formula is C17H32N2O. The van der Waals surface area contributed by atoms with Crippen molar-refractivity contribution in [2.45, 2.75) is 64.5 Å². The van der Waals surface area contributed by atoms with Gasteiger partial charge in [0.1, 0.15) is 0 Å². The Kier molecular flexibility index (Phi) is 4.40. The van der Waals surface area contributed by atoms with Gasteiger partial charge < -0.3 is 15.3 Å². The molecule has 3 nitrogen and oxygen atoms in total. The van der Waals surface area contributed by atoms with Crippen molar-refractivity contribution in [3.8, 4) is 0 Å². The Labute approximate surface area is 124 Å². The van der Waals surface area contributed by atoms with E-state index in [0.29, 0.717) is 11.3 Å². The number of likely N-dealkylation sites (tertiary alicyclic amines) is 1. The molecule has 1 saturated heterocycles. The zero-order valence-corrected chi connectivity index (χ0v) is 13.3. The van der Waals surface area contributed by atoms with Crippen molar-refractivity contribution < 1.29 is 5.11 Å². The first kappa shape index (κ1) is 14.8. The van der Waals surface area contributed by atoms with E-state index in [9.17, 15) is 5.11 Å². The van der Waals surface area contributed by atoms with Crippen LogP contribution in [0.4, 0.5) is 0 Å². The molecule has 1 aliphatic heterocycles. The van der Waals surface area contributed by atoms with Crippen molar-refractivity contribution in [1.29, 1.82) is 0 Å². The Morgan fingerprint density at radius 2 is 2.00 bits per heavy atom. The Balaban J connectivity index is 1.53. The normalized spacial score (nSPS) is 37.0. The molecule has 4 atom stereocenters. The highest BCUT2D eigenvalue weighted by Crippen LogP contribution is 2.39. The lowest BCUT2D eigenvalue weighted by molar-refractivity contribution is 0.112. The predicted molar refractivity (Wildman–Crippen MR) is 82.7 cm³/mol. The van der Waals surface area contributed by atoms with Crippen molar-refractivity contribution in [1.82, 2.24) is 10.2 Å². The molecule has 4 unspecified atom stereocenters. The van der Waals surface area contributed by atoms with Gasteiger partial charge in [0.2, 0.25) is 0 Å². The zero-order chi connectivity index (χ0) is 14.2. The number of hydrogen-bond acceptors (Lipinski definition) is 3. The number of fused-ring (bicyclic) bond motifs is 1. The SMILES string of the molecule is CCCC(C)(CNC1CC1)CN1CC2CCC(O)C2C1. The number of nitrogens with zero attached hydrogens (tertiary/aromatic N) is 1. The minimum atomic E-state index is -0.0213. The summed E-state index contributed by atoms with van der Waals surface area (Å²) in [6, 6.07) is 0.811. The van der Waals surface area contributed by atoms with Crippen LogP contribution in [0.1, 0.15) is 52.4 Å². The average Bonchev–Trinajstić information content (AvgIpc) is 3.06. The highest BCUT2D eigenvalue weighted by atomic mass is 16.3. The first-order valence-electron chi connectivity index (χ1n) is 8.73. The molecule has 2 saturated carbocycles. The summed E-state index contributed by atoms with van der Waals surface area (Å²) in [7, 11) is 0. The third kappa shape index (κ3) is 3.37. The molecule has 3 fully saturated rings. The summed E-state index contributed by atoms with van der Waals surface area (Å²) in [5.74, 6) is 1.34. The Morgan fingerprint density at radius 3 is 2.65 bits per heavy atom. The van der Waals surface area contributed by atoms with Crippen molar-refractivity contribution in [2.75, 3.05) is 26.2 Å². The van der Waals surface area contributed by atoms with E-state index >= 15 is 0 Å². The molecule has 0 aromatic heterocycles. The average molecular weight is 280 g/mol. The summed E-state index contributed by atoms with van der Waals surface area (Å²) in [5, 5.41) is 13.8. The van der Waals surface area contributed by atoms with Crippen LogP contribution in [-0.4, -0.2) is 48.3 Å². The Morgan fingerprint density at radius 1 is 1.20 bits per heavy atom. The molecule has 2 aliphatic carbocycles. The molecule has 20 heavy (non-hydrogen) atoms. The first-order chi connectivity index (χ1) is 9.59. The molecule has 3 aliphatic rings. The third-order valence-corrected chi connectivity index (χ3v) is 5.75. The van der Waals surface area contributed by atoms with Gasteiger partial charge in [-0.05, 0) is 43.4 Å². The molecule has 1 heterocycles. The van der Waals surface area contributed by atoms with Crippen molar-refractivity contribution in [3.05, 3.63) is 0 Å². The molecule has 2 N–H and O–H groups in total. The number of aliphatic hydroxyl groups is 1. The van der Waals surface area contributed by atoms with Gasteiger partial charge in [-0.25, -0.2) is 0 Å². The summed E-state index contributed by atoms with van der Waals surface area (Å²) >= 11 is 0. The topological polar surface area (TPSA) is 35.5 Å². The fourth-order valence-corrected chi connectivity index (χ4v) is 4.50. The standard InChI is InChI=1S/C17H32N2O/c1-3-8-17(2,11-18-14-5-6-14)12-19-9-13-4-7-16(20)15(13)10-19/h13-16,18,20H,3-12H2,1-2H3. The fourth-order valence-electron chi connectivity index (χ4n) is 4.50. The molecule has 0 aromatic carbocycles. The molecule has 116 valence electrons. The van der Waals surface area contributed by atoms with Crippen molar-refractivity contribution in [3.63, 3.8) is 0 Å². The van der Waals surface area contributed by atoms with Gasteiger partial charge in [0.25, 0.3) is 0 Å². The van der Waals surface area contributed by atoms with E-state index in [1.807, 2.05) is 0 Å². The second-order valence-electron chi connectivity index (χ2n) is 7.98. The predicted octanol–water partition coefficient (Wildman–Crippen LogP) is 2.25. The number of rotatable bonds is 7. The van der Waals surface area contributed by atoms with Crippen LogP contribution in [0, 0.1) is 17.3 Å². The third-order valence-electron chi connectivity index (χ3n) is 5.75.